The Balaban J connectivity index is 2.36. The van der Waals surface area contributed by atoms with Gasteiger partial charge < -0.3 is 4.57 Å². The fourth-order valence-electron chi connectivity index (χ4n) is 2.24. The van der Waals surface area contributed by atoms with E-state index in [-0.39, 0.29) is 0 Å². The maximum atomic E-state index is 9.15. The number of nitrogens with zero attached hydrogens (tertiary/aromatic N) is 4. The van der Waals surface area contributed by atoms with Crippen molar-refractivity contribution >= 4 is 11.0 Å². The SMILES string of the molecule is Cc1cccnc1-c1nc2c(C#N)cccc2n1C. The standard InChI is InChI=1S/C15H12N4/c1-10-5-4-8-17-13(10)15-18-14-11(9-16)6-3-7-12(14)19(15)2/h3-8H,1-2H3. The molecule has 2 heterocycles. The van der Waals surface area contributed by atoms with Gasteiger partial charge in [0, 0.05) is 13.2 Å². The van der Waals surface area contributed by atoms with Crippen LogP contribution in [0.25, 0.3) is 22.6 Å². The van der Waals surface area contributed by atoms with Crippen molar-refractivity contribution in [2.24, 2.45) is 7.05 Å². The Morgan fingerprint density at radius 1 is 1.21 bits per heavy atom. The van der Waals surface area contributed by atoms with Gasteiger partial charge in [-0.1, -0.05) is 12.1 Å². The average Bonchev–Trinajstić information content (AvgIpc) is 2.77. The van der Waals surface area contributed by atoms with Crippen LogP contribution in [0.2, 0.25) is 0 Å². The van der Waals surface area contributed by atoms with Crippen molar-refractivity contribution in [2.75, 3.05) is 0 Å². The lowest BCUT2D eigenvalue weighted by Gasteiger charge is -2.04. The molecule has 4 nitrogen and oxygen atoms in total. The Kier molecular flexibility index (Phi) is 2.53. The number of hydrogen-bond donors (Lipinski definition) is 0. The molecule has 0 aliphatic heterocycles. The molecular formula is C15H12N4. The van der Waals surface area contributed by atoms with Crippen LogP contribution in [0, 0.1) is 18.3 Å². The van der Waals surface area contributed by atoms with Crippen molar-refractivity contribution in [3.8, 4) is 17.6 Å². The van der Waals surface area contributed by atoms with Gasteiger partial charge in [0.2, 0.25) is 0 Å². The van der Waals surface area contributed by atoms with Crippen molar-refractivity contribution in [2.45, 2.75) is 6.92 Å². The van der Waals surface area contributed by atoms with Crippen molar-refractivity contribution in [3.63, 3.8) is 0 Å². The fraction of sp³-hybridized carbons (Fsp3) is 0.133. The summed E-state index contributed by atoms with van der Waals surface area (Å²) in [4.78, 5) is 8.99. The van der Waals surface area contributed by atoms with E-state index in [2.05, 4.69) is 16.0 Å². The number of aromatic nitrogens is 3. The molecule has 2 aromatic heterocycles. The average molecular weight is 248 g/mol. The highest BCUT2D eigenvalue weighted by molar-refractivity contribution is 5.85. The first-order valence-electron chi connectivity index (χ1n) is 6.00. The summed E-state index contributed by atoms with van der Waals surface area (Å²) in [5, 5.41) is 9.15. The summed E-state index contributed by atoms with van der Waals surface area (Å²) in [6, 6.07) is 11.7. The van der Waals surface area contributed by atoms with Crippen molar-refractivity contribution in [3.05, 3.63) is 47.7 Å². The highest BCUT2D eigenvalue weighted by atomic mass is 15.1. The molecular weight excluding hydrogens is 236 g/mol. The molecule has 0 radical (unpaired) electrons. The van der Waals surface area contributed by atoms with Gasteiger partial charge in [0.15, 0.2) is 5.82 Å². The van der Waals surface area contributed by atoms with E-state index in [9.17, 15) is 0 Å². The molecule has 1 aromatic carbocycles. The Morgan fingerprint density at radius 2 is 2.05 bits per heavy atom. The van der Waals surface area contributed by atoms with Gasteiger partial charge in [0.25, 0.3) is 0 Å². The number of fused-ring (bicyclic) bond motifs is 1. The second kappa shape index (κ2) is 4.21. The Hall–Kier alpha value is -2.67. The molecule has 0 spiro atoms. The molecule has 0 amide bonds. The topological polar surface area (TPSA) is 54.5 Å². The van der Waals surface area contributed by atoms with E-state index in [1.807, 2.05) is 42.8 Å². The lowest BCUT2D eigenvalue weighted by Crippen LogP contribution is -1.96. The lowest BCUT2D eigenvalue weighted by atomic mass is 10.2. The molecule has 0 aliphatic carbocycles. The molecule has 0 bridgehead atoms. The minimum Gasteiger partial charge on any atom is -0.326 e. The quantitative estimate of drug-likeness (QED) is 0.665. The fourth-order valence-corrected chi connectivity index (χ4v) is 2.24. The first-order valence-corrected chi connectivity index (χ1v) is 6.00. The van der Waals surface area contributed by atoms with Crippen LogP contribution >= 0.6 is 0 Å². The van der Waals surface area contributed by atoms with Crippen molar-refractivity contribution < 1.29 is 0 Å². The third-order valence-corrected chi connectivity index (χ3v) is 3.25. The van der Waals surface area contributed by atoms with E-state index in [1.165, 1.54) is 0 Å². The zero-order valence-electron chi connectivity index (χ0n) is 10.8. The summed E-state index contributed by atoms with van der Waals surface area (Å²) < 4.78 is 1.98. The van der Waals surface area contributed by atoms with E-state index in [1.54, 1.807) is 12.3 Å². The number of benzene rings is 1. The Labute approximate surface area is 111 Å². The molecule has 3 aromatic rings. The molecule has 0 fully saturated rings. The van der Waals surface area contributed by atoms with Crippen LogP contribution in [0.3, 0.4) is 0 Å². The number of aryl methyl sites for hydroxylation is 2. The van der Waals surface area contributed by atoms with E-state index in [0.717, 1.165) is 28.1 Å². The molecule has 0 saturated heterocycles. The predicted octanol–water partition coefficient (Wildman–Crippen LogP) is 2.82. The first kappa shape index (κ1) is 11.4. The van der Waals surface area contributed by atoms with Gasteiger partial charge in [0.05, 0.1) is 11.1 Å². The maximum absolute atomic E-state index is 9.15. The number of imidazole rings is 1. The predicted molar refractivity (Wildman–Crippen MR) is 73.4 cm³/mol. The number of rotatable bonds is 1. The Bertz CT molecular complexity index is 809. The van der Waals surface area contributed by atoms with Crippen molar-refractivity contribution in [1.29, 1.82) is 5.26 Å². The van der Waals surface area contributed by atoms with Gasteiger partial charge in [-0.05, 0) is 30.7 Å². The van der Waals surface area contributed by atoms with Crippen LogP contribution in [-0.4, -0.2) is 14.5 Å². The number of pyridine rings is 1. The van der Waals surface area contributed by atoms with Crippen LogP contribution in [0.1, 0.15) is 11.1 Å². The molecule has 92 valence electrons. The first-order chi connectivity index (χ1) is 9.22. The highest BCUT2D eigenvalue weighted by Crippen LogP contribution is 2.25. The molecule has 0 N–H and O–H groups in total. The molecule has 19 heavy (non-hydrogen) atoms. The number of para-hydroxylation sites is 1. The summed E-state index contributed by atoms with van der Waals surface area (Å²) in [5.74, 6) is 0.788. The van der Waals surface area contributed by atoms with Crippen molar-refractivity contribution in [1.82, 2.24) is 14.5 Å². The number of hydrogen-bond acceptors (Lipinski definition) is 3. The summed E-state index contributed by atoms with van der Waals surface area (Å²) >= 11 is 0. The zero-order valence-corrected chi connectivity index (χ0v) is 10.8. The summed E-state index contributed by atoms with van der Waals surface area (Å²) in [5.41, 5.74) is 4.18. The monoisotopic (exact) mass is 248 g/mol. The molecule has 0 atom stereocenters. The van der Waals surface area contributed by atoms with Gasteiger partial charge in [0.1, 0.15) is 17.3 Å². The van der Waals surface area contributed by atoms with Gasteiger partial charge in [-0.3, -0.25) is 4.98 Å². The van der Waals surface area contributed by atoms with Gasteiger partial charge >= 0.3 is 0 Å². The minimum absolute atomic E-state index is 0.591. The van der Waals surface area contributed by atoms with E-state index >= 15 is 0 Å². The second-order valence-corrected chi connectivity index (χ2v) is 4.45. The smallest absolute Gasteiger partial charge is 0.159 e. The highest BCUT2D eigenvalue weighted by Gasteiger charge is 2.14. The molecule has 4 heteroatoms. The maximum Gasteiger partial charge on any atom is 0.159 e. The Morgan fingerprint density at radius 3 is 2.79 bits per heavy atom. The largest absolute Gasteiger partial charge is 0.326 e. The van der Waals surface area contributed by atoms with Gasteiger partial charge in [-0.15, -0.1) is 0 Å². The third-order valence-electron chi connectivity index (χ3n) is 3.25. The second-order valence-electron chi connectivity index (χ2n) is 4.45. The van der Waals surface area contributed by atoms with E-state index < -0.39 is 0 Å². The van der Waals surface area contributed by atoms with Gasteiger partial charge in [-0.2, -0.15) is 5.26 Å². The minimum atomic E-state index is 0.591. The lowest BCUT2D eigenvalue weighted by molar-refractivity contribution is 0.947. The third kappa shape index (κ3) is 1.67. The molecule has 3 rings (SSSR count). The van der Waals surface area contributed by atoms with Gasteiger partial charge in [-0.25, -0.2) is 4.98 Å². The van der Waals surface area contributed by atoms with Crippen LogP contribution in [0.4, 0.5) is 0 Å². The van der Waals surface area contributed by atoms with E-state index in [0.29, 0.717) is 5.56 Å². The normalized spacial score (nSPS) is 10.6. The van der Waals surface area contributed by atoms with Crippen LogP contribution in [0.5, 0.6) is 0 Å². The zero-order chi connectivity index (χ0) is 13.4. The molecule has 0 aliphatic rings. The van der Waals surface area contributed by atoms with E-state index in [4.69, 9.17) is 5.26 Å². The summed E-state index contributed by atoms with van der Waals surface area (Å²) in [6.07, 6.45) is 1.76. The van der Waals surface area contributed by atoms with Crippen LogP contribution < -0.4 is 0 Å². The van der Waals surface area contributed by atoms with Crippen LogP contribution in [-0.2, 0) is 7.05 Å². The number of nitriles is 1. The summed E-state index contributed by atoms with van der Waals surface area (Å²) in [6.45, 7) is 2.01. The molecule has 0 unspecified atom stereocenters. The molecule has 0 saturated carbocycles. The summed E-state index contributed by atoms with van der Waals surface area (Å²) in [7, 11) is 1.94. The van der Waals surface area contributed by atoms with Crippen LogP contribution in [0.15, 0.2) is 36.5 Å².